The molecular weight excluding hydrogens is 176 g/mol. The van der Waals surface area contributed by atoms with Gasteiger partial charge in [-0.05, 0) is 17.2 Å². The molecule has 1 aromatic carbocycles. The molecule has 0 saturated heterocycles. The number of aliphatic carboxylic acids is 1. The van der Waals surface area contributed by atoms with Crippen molar-refractivity contribution in [1.82, 2.24) is 0 Å². The van der Waals surface area contributed by atoms with Crippen LogP contribution in [0.15, 0.2) is 24.3 Å². The largest absolute Gasteiger partial charge is 0.478 e. The molecule has 0 heterocycles. The predicted octanol–water partition coefficient (Wildman–Crippen LogP) is 2.17. The highest BCUT2D eigenvalue weighted by molar-refractivity contribution is 6.35. The number of carboxylic acids is 1. The zero-order valence-corrected chi connectivity index (χ0v) is 6.80. The van der Waals surface area contributed by atoms with Crippen LogP contribution in [0.25, 0.3) is 5.57 Å². The van der Waals surface area contributed by atoms with E-state index in [-0.39, 0.29) is 0 Å². The molecule has 0 atom stereocenters. The van der Waals surface area contributed by atoms with Crippen LogP contribution in [-0.4, -0.2) is 11.1 Å². The summed E-state index contributed by atoms with van der Waals surface area (Å²) in [5, 5.41) is 9.09. The second-order valence-electron chi connectivity index (χ2n) is 2.56. The van der Waals surface area contributed by atoms with E-state index >= 15 is 0 Å². The molecule has 2 nitrogen and oxygen atoms in total. The monoisotopic (exact) mass is 180 g/mol. The zero-order chi connectivity index (χ0) is 8.72. The van der Waals surface area contributed by atoms with E-state index in [1.54, 1.807) is 6.07 Å². The topological polar surface area (TPSA) is 37.3 Å². The van der Waals surface area contributed by atoms with Gasteiger partial charge in [-0.3, -0.25) is 0 Å². The van der Waals surface area contributed by atoms with Crippen LogP contribution in [0.1, 0.15) is 11.1 Å². The molecule has 60 valence electrons. The number of hydrogen-bond acceptors (Lipinski definition) is 1. The molecule has 3 heteroatoms. The number of carboxylic acid groups (broad SMARTS) is 1. The molecule has 12 heavy (non-hydrogen) atoms. The van der Waals surface area contributed by atoms with Crippen molar-refractivity contribution >= 4 is 23.1 Å². The first kappa shape index (κ1) is 7.37. The number of benzene rings is 1. The van der Waals surface area contributed by atoms with Gasteiger partial charge in [0.05, 0.1) is 0 Å². The molecule has 1 aliphatic carbocycles. The lowest BCUT2D eigenvalue weighted by molar-refractivity contribution is -0.131. The summed E-state index contributed by atoms with van der Waals surface area (Å²) in [5.74, 6) is -0.933. The molecule has 0 fully saturated rings. The van der Waals surface area contributed by atoms with Crippen LogP contribution in [-0.2, 0) is 4.79 Å². The van der Waals surface area contributed by atoms with Gasteiger partial charge in [0.25, 0.3) is 0 Å². The van der Waals surface area contributed by atoms with Gasteiger partial charge in [-0.1, -0.05) is 23.7 Å². The standard InChI is InChI=1S/C9H5ClO2/c10-7-3-1-2-5-6(9(5)7)4-8(11)12/h1-4H,(H,11,12)/b6-4-. The third-order valence-corrected chi connectivity index (χ3v) is 2.09. The van der Waals surface area contributed by atoms with Crippen LogP contribution in [0.3, 0.4) is 0 Å². The fourth-order valence-corrected chi connectivity index (χ4v) is 1.51. The molecule has 0 radical (unpaired) electrons. The zero-order valence-electron chi connectivity index (χ0n) is 6.04. The van der Waals surface area contributed by atoms with Gasteiger partial charge in [-0.15, -0.1) is 0 Å². The number of fused-ring (bicyclic) bond motifs is 1. The summed E-state index contributed by atoms with van der Waals surface area (Å²) in [6.45, 7) is 0. The molecule has 0 unspecified atom stereocenters. The van der Waals surface area contributed by atoms with E-state index in [9.17, 15) is 4.79 Å². The molecule has 0 saturated carbocycles. The van der Waals surface area contributed by atoms with Gasteiger partial charge >= 0.3 is 5.97 Å². The van der Waals surface area contributed by atoms with Gasteiger partial charge in [0, 0.05) is 16.7 Å². The Bertz CT molecular complexity index is 394. The molecule has 0 aliphatic heterocycles. The Morgan fingerprint density at radius 2 is 2.25 bits per heavy atom. The smallest absolute Gasteiger partial charge is 0.328 e. The van der Waals surface area contributed by atoms with E-state index in [0.29, 0.717) is 5.02 Å². The van der Waals surface area contributed by atoms with E-state index in [4.69, 9.17) is 16.7 Å². The number of carbonyl (C=O) groups is 1. The Balaban J connectivity index is 2.45. The van der Waals surface area contributed by atoms with E-state index < -0.39 is 5.97 Å². The highest BCUT2D eigenvalue weighted by atomic mass is 35.5. The maximum atomic E-state index is 10.3. The lowest BCUT2D eigenvalue weighted by atomic mass is 10.4. The summed E-state index contributed by atoms with van der Waals surface area (Å²) >= 11 is 5.81. The van der Waals surface area contributed by atoms with Gasteiger partial charge in [-0.2, -0.15) is 0 Å². The third-order valence-electron chi connectivity index (χ3n) is 1.78. The normalized spacial score (nSPS) is 15.9. The Morgan fingerprint density at radius 1 is 1.50 bits per heavy atom. The molecule has 1 aromatic rings. The molecule has 1 N–H and O–H groups in total. The fourth-order valence-electron chi connectivity index (χ4n) is 1.23. The molecule has 0 aromatic heterocycles. The lowest BCUT2D eigenvalue weighted by Crippen LogP contribution is -1.84. The first-order valence-electron chi connectivity index (χ1n) is 3.44. The SMILES string of the molecule is O=C(O)/C=C1/c2cccc(Cl)c21. The first-order chi connectivity index (χ1) is 5.70. The van der Waals surface area contributed by atoms with Crippen LogP contribution in [0, 0.1) is 0 Å². The molecular formula is C9H5ClO2. The maximum Gasteiger partial charge on any atom is 0.328 e. The second-order valence-corrected chi connectivity index (χ2v) is 2.97. The number of hydrogen-bond donors (Lipinski definition) is 1. The van der Waals surface area contributed by atoms with E-state index in [2.05, 4.69) is 0 Å². The highest BCUT2D eigenvalue weighted by Gasteiger charge is 2.28. The van der Waals surface area contributed by atoms with Gasteiger partial charge in [-0.25, -0.2) is 4.79 Å². The van der Waals surface area contributed by atoms with Gasteiger partial charge < -0.3 is 5.11 Å². The maximum absolute atomic E-state index is 10.3. The van der Waals surface area contributed by atoms with Gasteiger partial charge in [0.2, 0.25) is 0 Å². The molecule has 0 bridgehead atoms. The van der Waals surface area contributed by atoms with E-state index in [0.717, 1.165) is 16.7 Å². The summed E-state index contributed by atoms with van der Waals surface area (Å²) in [6.07, 6.45) is 1.18. The van der Waals surface area contributed by atoms with Crippen molar-refractivity contribution in [1.29, 1.82) is 0 Å². The van der Waals surface area contributed by atoms with Crippen LogP contribution >= 0.6 is 11.6 Å². The van der Waals surface area contributed by atoms with Crippen molar-refractivity contribution in [2.24, 2.45) is 0 Å². The average molecular weight is 181 g/mol. The van der Waals surface area contributed by atoms with E-state index in [1.807, 2.05) is 12.1 Å². The van der Waals surface area contributed by atoms with Crippen molar-refractivity contribution < 1.29 is 9.90 Å². The second kappa shape index (κ2) is 2.35. The first-order valence-corrected chi connectivity index (χ1v) is 3.82. The highest BCUT2D eigenvalue weighted by Crippen LogP contribution is 2.46. The molecule has 1 aliphatic rings. The fraction of sp³-hybridized carbons (Fsp3) is 0. The van der Waals surface area contributed by atoms with Crippen molar-refractivity contribution in [3.05, 3.63) is 40.4 Å². The van der Waals surface area contributed by atoms with Crippen molar-refractivity contribution in [2.75, 3.05) is 0 Å². The third kappa shape index (κ3) is 1.01. The summed E-state index contributed by atoms with van der Waals surface area (Å²) in [6, 6.07) is 5.42. The van der Waals surface area contributed by atoms with Crippen molar-refractivity contribution in [3.63, 3.8) is 0 Å². The van der Waals surface area contributed by atoms with Gasteiger partial charge in [0.1, 0.15) is 0 Å². The minimum absolute atomic E-state index is 0.625. The Hall–Kier alpha value is -1.28. The van der Waals surface area contributed by atoms with Gasteiger partial charge in [0.15, 0.2) is 0 Å². The molecule has 0 amide bonds. The summed E-state index contributed by atoms with van der Waals surface area (Å²) < 4.78 is 0. The predicted molar refractivity (Wildman–Crippen MR) is 46.2 cm³/mol. The van der Waals surface area contributed by atoms with E-state index in [1.165, 1.54) is 6.08 Å². The van der Waals surface area contributed by atoms with Crippen LogP contribution < -0.4 is 0 Å². The van der Waals surface area contributed by atoms with Crippen LogP contribution in [0.2, 0.25) is 5.02 Å². The Kier molecular flexibility index (Phi) is 1.45. The van der Waals surface area contributed by atoms with Crippen LogP contribution in [0.4, 0.5) is 0 Å². The lowest BCUT2D eigenvalue weighted by Gasteiger charge is -1.79. The average Bonchev–Trinajstić information content (AvgIpc) is 2.64. The minimum Gasteiger partial charge on any atom is -0.478 e. The molecule has 0 spiro atoms. The van der Waals surface area contributed by atoms with Crippen LogP contribution in [0.5, 0.6) is 0 Å². The molecule has 2 rings (SSSR count). The minimum atomic E-state index is -0.933. The summed E-state index contributed by atoms with van der Waals surface area (Å²) in [5.41, 5.74) is 2.57. The Labute approximate surface area is 74.1 Å². The Morgan fingerprint density at radius 3 is 2.83 bits per heavy atom. The summed E-state index contributed by atoms with van der Waals surface area (Å²) in [7, 11) is 0. The number of rotatable bonds is 1. The summed E-state index contributed by atoms with van der Waals surface area (Å²) in [4.78, 5) is 10.3. The van der Waals surface area contributed by atoms with Crippen molar-refractivity contribution in [3.8, 4) is 0 Å². The quantitative estimate of drug-likeness (QED) is 0.683. The van der Waals surface area contributed by atoms with Crippen molar-refractivity contribution in [2.45, 2.75) is 0 Å². The number of halogens is 1.